The minimum absolute atomic E-state index is 0.0671. The summed E-state index contributed by atoms with van der Waals surface area (Å²) in [6, 6.07) is 4.13. The number of rotatable bonds is 15. The van der Waals surface area contributed by atoms with Gasteiger partial charge < -0.3 is 31.9 Å². The monoisotopic (exact) mass is 506 g/mol. The standard InChI is InChI=1S/C25H38N4O7/c1-5-14(3)20(24(34)29-21(25(35)36)15(4)6-2)28-23(33)18(12-16-10-8-7-9-11-16)27-22(32)17(26)13-19(30)31/h7-11,14-15,17-18,20-21H,5-6,12-13,26H2,1-4H3,(H,27,32)(H,28,33)(H,29,34)(H,30,31)(H,35,36). The number of carbonyl (C=O) groups excluding carboxylic acids is 3. The molecule has 3 amide bonds. The van der Waals surface area contributed by atoms with Crippen molar-refractivity contribution in [3.05, 3.63) is 35.9 Å². The highest BCUT2D eigenvalue weighted by molar-refractivity contribution is 5.95. The van der Waals surface area contributed by atoms with Crippen molar-refractivity contribution in [2.75, 3.05) is 0 Å². The van der Waals surface area contributed by atoms with E-state index in [4.69, 9.17) is 10.8 Å². The Kier molecular flexibility index (Phi) is 12.6. The van der Waals surface area contributed by atoms with E-state index >= 15 is 0 Å². The normalized spacial score (nSPS) is 15.9. The van der Waals surface area contributed by atoms with Gasteiger partial charge in [0, 0.05) is 6.42 Å². The van der Waals surface area contributed by atoms with Gasteiger partial charge in [0.15, 0.2) is 0 Å². The van der Waals surface area contributed by atoms with Gasteiger partial charge in [-0.1, -0.05) is 70.9 Å². The van der Waals surface area contributed by atoms with Gasteiger partial charge in [-0.05, 0) is 17.4 Å². The van der Waals surface area contributed by atoms with Crippen LogP contribution < -0.4 is 21.7 Å². The Morgan fingerprint density at radius 3 is 1.83 bits per heavy atom. The Hall–Kier alpha value is -3.47. The lowest BCUT2D eigenvalue weighted by atomic mass is 9.95. The van der Waals surface area contributed by atoms with Crippen LogP contribution in [0, 0.1) is 11.8 Å². The summed E-state index contributed by atoms with van der Waals surface area (Å²) in [5, 5.41) is 26.2. The van der Waals surface area contributed by atoms with Gasteiger partial charge in [0.25, 0.3) is 0 Å². The van der Waals surface area contributed by atoms with Gasteiger partial charge in [-0.2, -0.15) is 0 Å². The van der Waals surface area contributed by atoms with Crippen LogP contribution >= 0.6 is 0 Å². The summed E-state index contributed by atoms with van der Waals surface area (Å²) in [7, 11) is 0. The number of carbonyl (C=O) groups is 5. The summed E-state index contributed by atoms with van der Waals surface area (Å²) in [6.07, 6.45) is 0.491. The van der Waals surface area contributed by atoms with Crippen LogP contribution in [0.2, 0.25) is 0 Å². The summed E-state index contributed by atoms with van der Waals surface area (Å²) >= 11 is 0. The fourth-order valence-electron chi connectivity index (χ4n) is 3.50. The molecule has 0 aliphatic rings. The Morgan fingerprint density at radius 2 is 1.33 bits per heavy atom. The van der Waals surface area contributed by atoms with Crippen LogP contribution in [0.4, 0.5) is 0 Å². The first kappa shape index (κ1) is 30.6. The van der Waals surface area contributed by atoms with E-state index in [-0.39, 0.29) is 18.3 Å². The van der Waals surface area contributed by atoms with E-state index < -0.39 is 60.2 Å². The Labute approximate surface area is 211 Å². The second-order valence-electron chi connectivity index (χ2n) is 9.04. The predicted molar refractivity (Wildman–Crippen MR) is 133 cm³/mol. The topological polar surface area (TPSA) is 188 Å². The third-order valence-corrected chi connectivity index (χ3v) is 6.22. The Morgan fingerprint density at radius 1 is 0.806 bits per heavy atom. The summed E-state index contributed by atoms with van der Waals surface area (Å²) < 4.78 is 0. The van der Waals surface area contributed by atoms with Gasteiger partial charge in [0.05, 0.1) is 12.5 Å². The largest absolute Gasteiger partial charge is 0.481 e. The summed E-state index contributed by atoms with van der Waals surface area (Å²) in [4.78, 5) is 61.5. The number of hydrogen-bond acceptors (Lipinski definition) is 6. The molecule has 11 nitrogen and oxygen atoms in total. The maximum Gasteiger partial charge on any atom is 0.326 e. The highest BCUT2D eigenvalue weighted by atomic mass is 16.4. The highest BCUT2D eigenvalue weighted by Gasteiger charge is 2.34. The van der Waals surface area contributed by atoms with E-state index in [2.05, 4.69) is 16.0 Å². The van der Waals surface area contributed by atoms with Crippen LogP contribution in [0.3, 0.4) is 0 Å². The number of amides is 3. The molecular formula is C25H38N4O7. The lowest BCUT2D eigenvalue weighted by Gasteiger charge is -2.29. The van der Waals surface area contributed by atoms with Crippen molar-refractivity contribution in [1.29, 1.82) is 0 Å². The summed E-state index contributed by atoms with van der Waals surface area (Å²) in [5.74, 6) is -5.24. The first-order chi connectivity index (χ1) is 16.9. The molecule has 7 N–H and O–H groups in total. The van der Waals surface area contributed by atoms with Crippen LogP contribution in [0.25, 0.3) is 0 Å². The third kappa shape index (κ3) is 9.65. The number of hydrogen-bond donors (Lipinski definition) is 6. The summed E-state index contributed by atoms with van der Waals surface area (Å²) in [6.45, 7) is 7.10. The molecule has 1 aromatic rings. The molecule has 1 aromatic carbocycles. The molecule has 6 atom stereocenters. The molecule has 0 aliphatic carbocycles. The van der Waals surface area contributed by atoms with Gasteiger partial charge in [0.2, 0.25) is 17.7 Å². The predicted octanol–water partition coefficient (Wildman–Crippen LogP) is 0.662. The van der Waals surface area contributed by atoms with Crippen molar-refractivity contribution in [3.8, 4) is 0 Å². The Bertz CT molecular complexity index is 909. The molecule has 6 unspecified atom stereocenters. The lowest BCUT2D eigenvalue weighted by molar-refractivity contribution is -0.144. The van der Waals surface area contributed by atoms with Crippen LogP contribution in [0.5, 0.6) is 0 Å². The fourth-order valence-corrected chi connectivity index (χ4v) is 3.50. The van der Waals surface area contributed by atoms with Gasteiger partial charge in [0.1, 0.15) is 18.1 Å². The van der Waals surface area contributed by atoms with Gasteiger partial charge >= 0.3 is 11.9 Å². The minimum Gasteiger partial charge on any atom is -0.481 e. The molecular weight excluding hydrogens is 468 g/mol. The molecule has 0 saturated heterocycles. The van der Waals surface area contributed by atoms with Crippen LogP contribution in [0.15, 0.2) is 30.3 Å². The quantitative estimate of drug-likeness (QED) is 0.200. The second-order valence-corrected chi connectivity index (χ2v) is 9.04. The second kappa shape index (κ2) is 14.8. The number of carboxylic acid groups (broad SMARTS) is 2. The molecule has 0 aliphatic heterocycles. The van der Waals surface area contributed by atoms with E-state index in [0.29, 0.717) is 12.8 Å². The fraction of sp³-hybridized carbons (Fsp3) is 0.560. The van der Waals surface area contributed by atoms with Crippen molar-refractivity contribution in [1.82, 2.24) is 16.0 Å². The van der Waals surface area contributed by atoms with Crippen molar-refractivity contribution >= 4 is 29.7 Å². The SMILES string of the molecule is CCC(C)C(NC(=O)C(NC(=O)C(Cc1ccccc1)NC(=O)C(N)CC(=O)O)C(C)CC)C(=O)O. The van der Waals surface area contributed by atoms with Crippen molar-refractivity contribution in [2.24, 2.45) is 17.6 Å². The molecule has 0 aromatic heterocycles. The van der Waals surface area contributed by atoms with E-state index in [0.717, 1.165) is 5.56 Å². The maximum absolute atomic E-state index is 13.3. The third-order valence-electron chi connectivity index (χ3n) is 6.22. The number of nitrogens with one attached hydrogen (secondary N) is 3. The molecule has 0 bridgehead atoms. The minimum atomic E-state index is -1.37. The zero-order valence-corrected chi connectivity index (χ0v) is 21.2. The first-order valence-corrected chi connectivity index (χ1v) is 12.1. The zero-order chi connectivity index (χ0) is 27.4. The van der Waals surface area contributed by atoms with E-state index in [1.54, 1.807) is 44.2 Å². The molecule has 0 fully saturated rings. The van der Waals surface area contributed by atoms with E-state index in [1.807, 2.05) is 13.8 Å². The maximum atomic E-state index is 13.3. The average molecular weight is 507 g/mol. The van der Waals surface area contributed by atoms with Crippen molar-refractivity contribution in [3.63, 3.8) is 0 Å². The first-order valence-electron chi connectivity index (χ1n) is 12.1. The molecule has 0 spiro atoms. The van der Waals surface area contributed by atoms with Gasteiger partial charge in [-0.3, -0.25) is 19.2 Å². The number of aliphatic carboxylic acids is 2. The molecule has 1 rings (SSSR count). The lowest BCUT2D eigenvalue weighted by Crippen LogP contribution is -2.59. The van der Waals surface area contributed by atoms with Crippen LogP contribution in [-0.4, -0.2) is 64.0 Å². The highest BCUT2D eigenvalue weighted by Crippen LogP contribution is 2.13. The molecule has 11 heteroatoms. The zero-order valence-electron chi connectivity index (χ0n) is 21.2. The van der Waals surface area contributed by atoms with Gasteiger partial charge in [-0.25, -0.2) is 4.79 Å². The number of carboxylic acids is 2. The molecule has 0 saturated carbocycles. The summed E-state index contributed by atoms with van der Waals surface area (Å²) in [5.41, 5.74) is 6.38. The molecule has 0 radical (unpaired) electrons. The van der Waals surface area contributed by atoms with E-state index in [9.17, 15) is 29.1 Å². The van der Waals surface area contributed by atoms with Crippen molar-refractivity contribution < 1.29 is 34.2 Å². The average Bonchev–Trinajstić information content (AvgIpc) is 2.83. The van der Waals surface area contributed by atoms with Crippen molar-refractivity contribution in [2.45, 2.75) is 77.5 Å². The Balaban J connectivity index is 3.15. The van der Waals surface area contributed by atoms with E-state index in [1.165, 1.54) is 0 Å². The number of benzene rings is 1. The smallest absolute Gasteiger partial charge is 0.326 e. The number of nitrogens with two attached hydrogens (primary N) is 1. The molecule has 200 valence electrons. The van der Waals surface area contributed by atoms with Gasteiger partial charge in [-0.15, -0.1) is 0 Å². The van der Waals surface area contributed by atoms with Crippen LogP contribution in [0.1, 0.15) is 52.5 Å². The van der Waals surface area contributed by atoms with Crippen LogP contribution in [-0.2, 0) is 30.4 Å². The molecule has 0 heterocycles. The molecule has 36 heavy (non-hydrogen) atoms.